The van der Waals surface area contributed by atoms with Gasteiger partial charge in [-0.3, -0.25) is 4.79 Å². The zero-order chi connectivity index (χ0) is 9.84. The Kier molecular flexibility index (Phi) is 2.79. The summed E-state index contributed by atoms with van der Waals surface area (Å²) in [6.45, 7) is 1.50. The average molecular weight is 181 g/mol. The number of aryl methyl sites for hydroxylation is 1. The van der Waals surface area contributed by atoms with E-state index in [2.05, 4.69) is 9.97 Å². The quantitative estimate of drug-likeness (QED) is 0.680. The van der Waals surface area contributed by atoms with Crippen molar-refractivity contribution in [2.45, 2.75) is 19.8 Å². The number of rotatable bonds is 3. The van der Waals surface area contributed by atoms with E-state index in [0.29, 0.717) is 18.5 Å². The molecule has 5 nitrogen and oxygen atoms in total. The predicted molar refractivity (Wildman–Crippen MR) is 48.3 cm³/mol. The van der Waals surface area contributed by atoms with Crippen LogP contribution >= 0.6 is 0 Å². The van der Waals surface area contributed by atoms with Crippen molar-refractivity contribution in [2.75, 3.05) is 5.73 Å². The summed E-state index contributed by atoms with van der Waals surface area (Å²) in [5.74, 6) is 0.169. The predicted octanol–water partition coefficient (Wildman–Crippen LogP) is -0.126. The number of nitrogens with one attached hydrogen (secondary N) is 1. The highest BCUT2D eigenvalue weighted by atomic mass is 16.1. The van der Waals surface area contributed by atoms with Gasteiger partial charge in [-0.1, -0.05) is 0 Å². The lowest BCUT2D eigenvalue weighted by molar-refractivity contribution is -0.116. The highest BCUT2D eigenvalue weighted by molar-refractivity contribution is 5.75. The molecule has 0 unspecified atom stereocenters. The van der Waals surface area contributed by atoms with E-state index < -0.39 is 0 Å². The third-order valence-electron chi connectivity index (χ3n) is 1.56. The van der Waals surface area contributed by atoms with Crippen molar-refractivity contribution < 1.29 is 4.79 Å². The van der Waals surface area contributed by atoms with Crippen LogP contribution in [0.25, 0.3) is 0 Å². The van der Waals surface area contributed by atoms with Gasteiger partial charge in [-0.15, -0.1) is 0 Å². The van der Waals surface area contributed by atoms with Crippen molar-refractivity contribution in [1.29, 1.82) is 0 Å². The molecule has 0 fully saturated rings. The molecule has 0 aliphatic heterocycles. The zero-order valence-electron chi connectivity index (χ0n) is 7.33. The molecular formula is C8H11N3O2. The Morgan fingerprint density at radius 2 is 2.38 bits per heavy atom. The summed E-state index contributed by atoms with van der Waals surface area (Å²) in [6.07, 6.45) is 0.899. The number of nitrogens with zero attached hydrogens (tertiary/aromatic N) is 1. The molecule has 0 bridgehead atoms. The van der Waals surface area contributed by atoms with Gasteiger partial charge in [-0.25, -0.2) is 0 Å². The lowest BCUT2D eigenvalue weighted by atomic mass is 10.2. The fraction of sp³-hybridized carbons (Fsp3) is 0.375. The van der Waals surface area contributed by atoms with E-state index >= 15 is 0 Å². The second kappa shape index (κ2) is 3.84. The van der Waals surface area contributed by atoms with Crippen molar-refractivity contribution in [1.82, 2.24) is 9.97 Å². The van der Waals surface area contributed by atoms with Gasteiger partial charge in [0.15, 0.2) is 0 Å². The third kappa shape index (κ3) is 3.06. The van der Waals surface area contributed by atoms with Crippen molar-refractivity contribution in [3.05, 3.63) is 22.1 Å². The van der Waals surface area contributed by atoms with Gasteiger partial charge in [-0.05, 0) is 13.3 Å². The van der Waals surface area contributed by atoms with Gasteiger partial charge >= 0.3 is 0 Å². The van der Waals surface area contributed by atoms with Gasteiger partial charge in [0.2, 0.25) is 5.95 Å². The Labute approximate surface area is 75.0 Å². The Morgan fingerprint density at radius 3 is 2.92 bits per heavy atom. The summed E-state index contributed by atoms with van der Waals surface area (Å²) in [5.41, 5.74) is 5.58. The summed E-state index contributed by atoms with van der Waals surface area (Å²) in [7, 11) is 0. The number of Topliss-reactive ketones (excluding diaryl/α,β-unsaturated/α-hetero) is 1. The van der Waals surface area contributed by atoms with Crippen molar-refractivity contribution >= 4 is 11.7 Å². The first-order chi connectivity index (χ1) is 6.08. The van der Waals surface area contributed by atoms with E-state index in [1.807, 2.05) is 0 Å². The fourth-order valence-corrected chi connectivity index (χ4v) is 0.974. The number of nitrogens with two attached hydrogens (primary N) is 1. The minimum Gasteiger partial charge on any atom is -0.369 e. The molecule has 0 spiro atoms. The average Bonchev–Trinajstić information content (AvgIpc) is 1.99. The van der Waals surface area contributed by atoms with Crippen molar-refractivity contribution in [2.24, 2.45) is 0 Å². The van der Waals surface area contributed by atoms with Gasteiger partial charge in [0.1, 0.15) is 5.78 Å². The van der Waals surface area contributed by atoms with E-state index in [9.17, 15) is 9.59 Å². The maximum Gasteiger partial charge on any atom is 0.274 e. The number of anilines is 1. The molecule has 1 heterocycles. The minimum absolute atomic E-state index is 0.0798. The van der Waals surface area contributed by atoms with Crippen molar-refractivity contribution in [3.8, 4) is 0 Å². The molecule has 0 aromatic carbocycles. The van der Waals surface area contributed by atoms with Crippen LogP contribution in [0.1, 0.15) is 19.0 Å². The number of carbonyl (C=O) groups excluding carboxylic acids is 1. The molecule has 0 atom stereocenters. The van der Waals surface area contributed by atoms with Crippen LogP contribution in [0.2, 0.25) is 0 Å². The largest absolute Gasteiger partial charge is 0.369 e. The molecule has 13 heavy (non-hydrogen) atoms. The van der Waals surface area contributed by atoms with Gasteiger partial charge in [0.25, 0.3) is 5.56 Å². The Hall–Kier alpha value is -1.65. The number of hydrogen-bond acceptors (Lipinski definition) is 4. The van der Waals surface area contributed by atoms with E-state index in [0.717, 1.165) is 0 Å². The first-order valence-corrected chi connectivity index (χ1v) is 3.93. The van der Waals surface area contributed by atoms with Crippen LogP contribution < -0.4 is 11.3 Å². The summed E-state index contributed by atoms with van der Waals surface area (Å²) < 4.78 is 0. The lowest BCUT2D eigenvalue weighted by Crippen LogP contribution is -2.12. The van der Waals surface area contributed by atoms with E-state index in [-0.39, 0.29) is 17.3 Å². The summed E-state index contributed by atoms with van der Waals surface area (Å²) in [6, 6.07) is 1.35. The van der Waals surface area contributed by atoms with Gasteiger partial charge < -0.3 is 15.5 Å². The van der Waals surface area contributed by atoms with E-state index in [1.54, 1.807) is 0 Å². The number of H-pyrrole nitrogens is 1. The first-order valence-electron chi connectivity index (χ1n) is 3.93. The number of nitrogen functional groups attached to an aromatic ring is 1. The Balaban J connectivity index is 2.77. The molecule has 70 valence electrons. The highest BCUT2D eigenvalue weighted by Crippen LogP contribution is 1.97. The number of aromatic nitrogens is 2. The summed E-state index contributed by atoms with van der Waals surface area (Å²) in [5, 5.41) is 0. The zero-order valence-corrected chi connectivity index (χ0v) is 7.33. The van der Waals surface area contributed by atoms with Crippen LogP contribution in [0.3, 0.4) is 0 Å². The highest BCUT2D eigenvalue weighted by Gasteiger charge is 1.99. The molecule has 0 amide bonds. The monoisotopic (exact) mass is 181 g/mol. The molecule has 5 heteroatoms. The lowest BCUT2D eigenvalue weighted by Gasteiger charge is -1.99. The second-order valence-corrected chi connectivity index (χ2v) is 2.83. The molecule has 1 rings (SSSR count). The van der Waals surface area contributed by atoms with Gasteiger partial charge in [0, 0.05) is 18.2 Å². The normalized spacial score (nSPS) is 9.92. The third-order valence-corrected chi connectivity index (χ3v) is 1.56. The van der Waals surface area contributed by atoms with Crippen LogP contribution in [-0.2, 0) is 11.2 Å². The maximum absolute atomic E-state index is 10.9. The molecule has 0 radical (unpaired) electrons. The molecule has 0 aliphatic rings. The maximum atomic E-state index is 10.9. The van der Waals surface area contributed by atoms with Crippen molar-refractivity contribution in [3.63, 3.8) is 0 Å². The van der Waals surface area contributed by atoms with Gasteiger partial charge in [-0.2, -0.15) is 4.98 Å². The molecule has 1 aromatic rings. The number of carbonyl (C=O) groups is 1. The number of ketones is 1. The number of hydrogen-bond donors (Lipinski definition) is 2. The first kappa shape index (κ1) is 9.44. The smallest absolute Gasteiger partial charge is 0.274 e. The fourth-order valence-electron chi connectivity index (χ4n) is 0.974. The van der Waals surface area contributed by atoms with Gasteiger partial charge in [0.05, 0.1) is 0 Å². The standard InChI is InChI=1S/C8H11N3O2/c1-5(12)2-3-6-4-7(13)11-8(9)10-6/h4H,2-3H2,1H3,(H3,9,10,11,13). The van der Waals surface area contributed by atoms with Crippen LogP contribution in [0.5, 0.6) is 0 Å². The molecule has 0 saturated carbocycles. The molecule has 0 aliphatic carbocycles. The Bertz CT molecular complexity index is 370. The molecule has 1 aromatic heterocycles. The molecular weight excluding hydrogens is 170 g/mol. The molecule has 0 saturated heterocycles. The van der Waals surface area contributed by atoms with Crippen LogP contribution in [0.4, 0.5) is 5.95 Å². The topological polar surface area (TPSA) is 88.8 Å². The summed E-state index contributed by atoms with van der Waals surface area (Å²) >= 11 is 0. The van der Waals surface area contributed by atoms with Crippen LogP contribution in [0, 0.1) is 0 Å². The van der Waals surface area contributed by atoms with Crippen LogP contribution in [0.15, 0.2) is 10.9 Å². The summed E-state index contributed by atoms with van der Waals surface area (Å²) in [4.78, 5) is 27.7. The SMILES string of the molecule is CC(=O)CCc1cc(=O)nc(N)[nH]1. The second-order valence-electron chi connectivity index (χ2n) is 2.83. The number of aromatic amines is 1. The van der Waals surface area contributed by atoms with E-state index in [1.165, 1.54) is 13.0 Å². The molecule has 3 N–H and O–H groups in total. The van der Waals surface area contributed by atoms with Crippen LogP contribution in [-0.4, -0.2) is 15.8 Å². The Morgan fingerprint density at radius 1 is 1.69 bits per heavy atom. The van der Waals surface area contributed by atoms with E-state index in [4.69, 9.17) is 5.73 Å². The minimum atomic E-state index is -0.380.